The number of rotatable bonds is 3. The molecule has 122 valence electrons. The largest absolute Gasteiger partial charge is 0.360 e. The van der Waals surface area contributed by atoms with E-state index in [4.69, 9.17) is 0 Å². The Labute approximate surface area is 137 Å². The molecule has 2 saturated heterocycles. The van der Waals surface area contributed by atoms with Crippen molar-refractivity contribution in [2.45, 2.75) is 6.42 Å². The van der Waals surface area contributed by atoms with Crippen LogP contribution in [0.15, 0.2) is 22.5 Å². The van der Waals surface area contributed by atoms with Crippen molar-refractivity contribution in [2.75, 3.05) is 64.8 Å². The summed E-state index contributed by atoms with van der Waals surface area (Å²) in [4.78, 5) is 11.8. The van der Waals surface area contributed by atoms with Crippen molar-refractivity contribution >= 4 is 22.3 Å². The van der Waals surface area contributed by atoms with E-state index in [9.17, 15) is 0 Å². The SMILES string of the molecule is CN=C(NCC1CCN(C)C1)N1CCN(c2cccs2)CC1. The number of thiophene rings is 1. The molecule has 1 N–H and O–H groups in total. The lowest BCUT2D eigenvalue weighted by atomic mass is 10.1. The Kier molecular flexibility index (Phi) is 5.20. The average molecular weight is 321 g/mol. The molecule has 22 heavy (non-hydrogen) atoms. The highest BCUT2D eigenvalue weighted by molar-refractivity contribution is 7.14. The molecule has 3 rings (SSSR count). The van der Waals surface area contributed by atoms with Gasteiger partial charge in [0.2, 0.25) is 0 Å². The quantitative estimate of drug-likeness (QED) is 0.674. The van der Waals surface area contributed by atoms with E-state index in [-0.39, 0.29) is 0 Å². The lowest BCUT2D eigenvalue weighted by Gasteiger charge is -2.37. The maximum absolute atomic E-state index is 4.48. The highest BCUT2D eigenvalue weighted by atomic mass is 32.1. The van der Waals surface area contributed by atoms with Gasteiger partial charge >= 0.3 is 0 Å². The maximum Gasteiger partial charge on any atom is 0.193 e. The summed E-state index contributed by atoms with van der Waals surface area (Å²) in [6, 6.07) is 4.34. The van der Waals surface area contributed by atoms with Gasteiger partial charge in [0.15, 0.2) is 5.96 Å². The zero-order valence-corrected chi connectivity index (χ0v) is 14.5. The Morgan fingerprint density at radius 3 is 2.73 bits per heavy atom. The van der Waals surface area contributed by atoms with Gasteiger partial charge in [0.1, 0.15) is 0 Å². The summed E-state index contributed by atoms with van der Waals surface area (Å²) < 4.78 is 0. The summed E-state index contributed by atoms with van der Waals surface area (Å²) in [6.45, 7) is 7.72. The van der Waals surface area contributed by atoms with Crippen LogP contribution in [-0.4, -0.2) is 75.7 Å². The topological polar surface area (TPSA) is 34.1 Å². The molecule has 1 unspecified atom stereocenters. The molecule has 0 radical (unpaired) electrons. The fourth-order valence-electron chi connectivity index (χ4n) is 3.35. The highest BCUT2D eigenvalue weighted by Crippen LogP contribution is 2.22. The van der Waals surface area contributed by atoms with Crippen molar-refractivity contribution in [3.63, 3.8) is 0 Å². The number of likely N-dealkylation sites (tertiary alicyclic amines) is 1. The van der Waals surface area contributed by atoms with E-state index in [1.54, 1.807) is 0 Å². The van der Waals surface area contributed by atoms with Crippen LogP contribution in [0.2, 0.25) is 0 Å². The summed E-state index contributed by atoms with van der Waals surface area (Å²) in [6.07, 6.45) is 1.30. The number of anilines is 1. The van der Waals surface area contributed by atoms with Crippen molar-refractivity contribution in [1.29, 1.82) is 0 Å². The number of hydrogen-bond acceptors (Lipinski definition) is 4. The van der Waals surface area contributed by atoms with E-state index >= 15 is 0 Å². The van der Waals surface area contributed by atoms with Gasteiger partial charge in [-0.1, -0.05) is 0 Å². The normalized spacial score (nSPS) is 24.1. The Morgan fingerprint density at radius 2 is 2.14 bits per heavy atom. The van der Waals surface area contributed by atoms with Crippen LogP contribution in [0.1, 0.15) is 6.42 Å². The molecule has 2 fully saturated rings. The number of nitrogens with zero attached hydrogens (tertiary/aromatic N) is 4. The lowest BCUT2D eigenvalue weighted by Crippen LogP contribution is -2.53. The summed E-state index contributed by atoms with van der Waals surface area (Å²) in [5.74, 6) is 1.83. The fourth-order valence-corrected chi connectivity index (χ4v) is 4.13. The summed E-state index contributed by atoms with van der Waals surface area (Å²) in [5.41, 5.74) is 0. The third-order valence-corrected chi connectivity index (χ3v) is 5.58. The zero-order chi connectivity index (χ0) is 15.4. The zero-order valence-electron chi connectivity index (χ0n) is 13.7. The molecule has 6 heteroatoms. The third kappa shape index (κ3) is 3.73. The molecule has 0 aromatic carbocycles. The van der Waals surface area contributed by atoms with Crippen LogP contribution in [0.25, 0.3) is 0 Å². The van der Waals surface area contributed by atoms with Crippen molar-refractivity contribution in [2.24, 2.45) is 10.9 Å². The Hall–Kier alpha value is -1.27. The van der Waals surface area contributed by atoms with E-state index < -0.39 is 0 Å². The predicted molar refractivity (Wildman–Crippen MR) is 95.1 cm³/mol. The molecule has 0 aliphatic carbocycles. The first-order valence-electron chi connectivity index (χ1n) is 8.19. The smallest absolute Gasteiger partial charge is 0.193 e. The van der Waals surface area contributed by atoms with Crippen molar-refractivity contribution in [1.82, 2.24) is 15.1 Å². The van der Waals surface area contributed by atoms with Gasteiger partial charge in [0.05, 0.1) is 5.00 Å². The molecule has 2 aliphatic heterocycles. The first kappa shape index (κ1) is 15.6. The van der Waals surface area contributed by atoms with Gasteiger partial charge < -0.3 is 20.0 Å². The van der Waals surface area contributed by atoms with Crippen LogP contribution in [0.3, 0.4) is 0 Å². The molecule has 0 spiro atoms. The standard InChI is InChI=1S/C16H27N5S/c1-17-16(18-12-14-5-6-19(2)13-14)21-9-7-20(8-10-21)15-4-3-11-22-15/h3-4,11,14H,5-10,12-13H2,1-2H3,(H,17,18). The number of nitrogens with one attached hydrogen (secondary N) is 1. The van der Waals surface area contributed by atoms with Crippen LogP contribution in [0.5, 0.6) is 0 Å². The van der Waals surface area contributed by atoms with Crippen molar-refractivity contribution < 1.29 is 0 Å². The first-order valence-corrected chi connectivity index (χ1v) is 9.07. The van der Waals surface area contributed by atoms with Crippen molar-refractivity contribution in [3.8, 4) is 0 Å². The Bertz CT molecular complexity index is 479. The second kappa shape index (κ2) is 7.33. The summed E-state index contributed by atoms with van der Waals surface area (Å²) in [5, 5.41) is 7.12. The number of aliphatic imine (C=N–C) groups is 1. The molecular formula is C16H27N5S. The van der Waals surface area contributed by atoms with Gasteiger partial charge in [-0.05, 0) is 43.4 Å². The molecule has 0 amide bonds. The minimum atomic E-state index is 0.758. The van der Waals surface area contributed by atoms with Gasteiger partial charge in [-0.25, -0.2) is 0 Å². The van der Waals surface area contributed by atoms with Gasteiger partial charge in [-0.3, -0.25) is 4.99 Å². The molecule has 1 aromatic heterocycles. The van der Waals surface area contributed by atoms with Crippen LogP contribution < -0.4 is 10.2 Å². The van der Waals surface area contributed by atoms with E-state index in [1.807, 2.05) is 18.4 Å². The fraction of sp³-hybridized carbons (Fsp3) is 0.688. The Balaban J connectivity index is 1.46. The second-order valence-electron chi connectivity index (χ2n) is 6.27. The highest BCUT2D eigenvalue weighted by Gasteiger charge is 2.23. The Morgan fingerprint density at radius 1 is 1.32 bits per heavy atom. The van der Waals surface area contributed by atoms with Gasteiger partial charge in [-0.2, -0.15) is 0 Å². The van der Waals surface area contributed by atoms with Gasteiger partial charge in [0.25, 0.3) is 0 Å². The lowest BCUT2D eigenvalue weighted by molar-refractivity contribution is 0.364. The van der Waals surface area contributed by atoms with E-state index in [0.29, 0.717) is 0 Å². The molecule has 1 aromatic rings. The van der Waals surface area contributed by atoms with E-state index in [1.165, 1.54) is 24.5 Å². The summed E-state index contributed by atoms with van der Waals surface area (Å²) in [7, 11) is 4.10. The van der Waals surface area contributed by atoms with Crippen molar-refractivity contribution in [3.05, 3.63) is 17.5 Å². The maximum atomic E-state index is 4.48. The van der Waals surface area contributed by atoms with Crippen LogP contribution in [0.4, 0.5) is 5.00 Å². The van der Waals surface area contributed by atoms with E-state index in [2.05, 4.69) is 49.6 Å². The van der Waals surface area contributed by atoms with E-state index in [0.717, 1.165) is 44.6 Å². The third-order valence-electron chi connectivity index (χ3n) is 4.65. The minimum absolute atomic E-state index is 0.758. The van der Waals surface area contributed by atoms with Gasteiger partial charge in [-0.15, -0.1) is 11.3 Å². The second-order valence-corrected chi connectivity index (χ2v) is 7.20. The first-order chi connectivity index (χ1) is 10.8. The molecule has 5 nitrogen and oxygen atoms in total. The predicted octanol–water partition coefficient (Wildman–Crippen LogP) is 1.40. The average Bonchev–Trinajstić information content (AvgIpc) is 3.20. The molecule has 1 atom stereocenters. The van der Waals surface area contributed by atoms with Gasteiger partial charge in [0, 0.05) is 46.3 Å². The summed E-state index contributed by atoms with van der Waals surface area (Å²) >= 11 is 1.83. The van der Waals surface area contributed by atoms with Crippen LogP contribution in [0, 0.1) is 5.92 Å². The number of hydrogen-bond donors (Lipinski definition) is 1. The molecular weight excluding hydrogens is 294 g/mol. The number of guanidine groups is 1. The molecule has 2 aliphatic rings. The minimum Gasteiger partial charge on any atom is -0.360 e. The van der Waals surface area contributed by atoms with Crippen LogP contribution in [-0.2, 0) is 0 Å². The molecule has 0 bridgehead atoms. The molecule has 0 saturated carbocycles. The molecule has 3 heterocycles. The van der Waals surface area contributed by atoms with Crippen LogP contribution >= 0.6 is 11.3 Å². The monoisotopic (exact) mass is 321 g/mol. The number of piperazine rings is 1.